The molecule has 0 atom stereocenters. The van der Waals surface area contributed by atoms with Gasteiger partial charge in [-0.25, -0.2) is 0 Å². The third-order valence-corrected chi connectivity index (χ3v) is 4.68. The van der Waals surface area contributed by atoms with Crippen molar-refractivity contribution in [3.05, 3.63) is 42.1 Å². The Hall–Kier alpha value is -1.12. The topological polar surface area (TPSA) is 16.1 Å². The minimum Gasteiger partial charge on any atom is -0.295 e. The van der Waals surface area contributed by atoms with Crippen LogP contribution < -0.4 is 0 Å². The minimum atomic E-state index is 0.710. The maximum atomic E-state index is 6.03. The van der Waals surface area contributed by atoms with Crippen LogP contribution in [0.3, 0.4) is 0 Å². The zero-order valence-corrected chi connectivity index (χ0v) is 13.2. The second-order valence-electron chi connectivity index (χ2n) is 5.98. The molecule has 3 heteroatoms. The predicted molar refractivity (Wildman–Crippen MR) is 89.7 cm³/mol. The number of alkyl halides is 1. The number of rotatable bonds is 5. The summed E-state index contributed by atoms with van der Waals surface area (Å²) < 4.78 is 0. The highest BCUT2D eigenvalue weighted by atomic mass is 35.5. The molecule has 2 nitrogen and oxygen atoms in total. The Morgan fingerprint density at radius 3 is 2.81 bits per heavy atom. The van der Waals surface area contributed by atoms with E-state index in [9.17, 15) is 0 Å². The van der Waals surface area contributed by atoms with Crippen LogP contribution in [0.25, 0.3) is 10.9 Å². The molecule has 21 heavy (non-hydrogen) atoms. The van der Waals surface area contributed by atoms with E-state index in [1.54, 1.807) is 0 Å². The van der Waals surface area contributed by atoms with Gasteiger partial charge in [-0.05, 0) is 36.6 Å². The lowest BCUT2D eigenvalue weighted by molar-refractivity contribution is 0.157. The molecule has 0 bridgehead atoms. The Morgan fingerprint density at radius 2 is 2.00 bits per heavy atom. The van der Waals surface area contributed by atoms with Gasteiger partial charge < -0.3 is 0 Å². The lowest BCUT2D eigenvalue weighted by atomic mass is 9.94. The number of hydrogen-bond donors (Lipinski definition) is 0. The Bertz CT molecular complexity index is 578. The molecule has 1 fully saturated rings. The third kappa shape index (κ3) is 3.75. The van der Waals surface area contributed by atoms with E-state index in [-0.39, 0.29) is 0 Å². The second kappa shape index (κ2) is 7.24. The fraction of sp³-hybridized carbons (Fsp3) is 0.500. The fourth-order valence-corrected chi connectivity index (χ4v) is 3.62. The highest BCUT2D eigenvalue weighted by Crippen LogP contribution is 2.24. The molecule has 0 saturated heterocycles. The molecule has 1 aromatic heterocycles. The van der Waals surface area contributed by atoms with Crippen LogP contribution in [0.15, 0.2) is 36.5 Å². The van der Waals surface area contributed by atoms with Crippen molar-refractivity contribution in [2.24, 2.45) is 0 Å². The summed E-state index contributed by atoms with van der Waals surface area (Å²) in [5.41, 5.74) is 2.44. The molecular formula is C18H23ClN2. The van der Waals surface area contributed by atoms with Gasteiger partial charge in [-0.15, -0.1) is 11.6 Å². The average molecular weight is 303 g/mol. The molecule has 112 valence electrons. The largest absolute Gasteiger partial charge is 0.295 e. The summed E-state index contributed by atoms with van der Waals surface area (Å²) >= 11 is 6.03. The van der Waals surface area contributed by atoms with Gasteiger partial charge in [0.1, 0.15) is 0 Å². The van der Waals surface area contributed by atoms with Gasteiger partial charge in [0.05, 0.1) is 5.52 Å². The van der Waals surface area contributed by atoms with Crippen LogP contribution in [-0.2, 0) is 6.54 Å². The summed E-state index contributed by atoms with van der Waals surface area (Å²) in [5, 5.41) is 1.23. The summed E-state index contributed by atoms with van der Waals surface area (Å²) in [6.07, 6.45) is 8.63. The van der Waals surface area contributed by atoms with Crippen molar-refractivity contribution < 1.29 is 0 Å². The second-order valence-corrected chi connectivity index (χ2v) is 6.36. The quantitative estimate of drug-likeness (QED) is 0.750. The van der Waals surface area contributed by atoms with Crippen LogP contribution >= 0.6 is 11.6 Å². The number of hydrogen-bond acceptors (Lipinski definition) is 2. The maximum Gasteiger partial charge on any atom is 0.0702 e. The van der Waals surface area contributed by atoms with Crippen molar-refractivity contribution in [2.75, 3.05) is 12.4 Å². The predicted octanol–water partition coefficient (Wildman–Crippen LogP) is 4.61. The standard InChI is InChI=1S/C18H23ClN2/c19-10-12-21(17-6-2-1-3-7-17)14-15-8-9-18-16(13-15)5-4-11-20-18/h4-5,8-9,11,13,17H,1-3,6-7,10,12,14H2. The molecule has 3 rings (SSSR count). The van der Waals surface area contributed by atoms with E-state index < -0.39 is 0 Å². The number of halogens is 1. The van der Waals surface area contributed by atoms with Crippen LogP contribution in [0.5, 0.6) is 0 Å². The van der Waals surface area contributed by atoms with Crippen LogP contribution in [0.4, 0.5) is 0 Å². The lowest BCUT2D eigenvalue weighted by Crippen LogP contribution is -2.37. The highest BCUT2D eigenvalue weighted by Gasteiger charge is 2.20. The Balaban J connectivity index is 1.76. The highest BCUT2D eigenvalue weighted by molar-refractivity contribution is 6.18. The summed E-state index contributed by atoms with van der Waals surface area (Å²) in [6, 6.07) is 11.5. The molecule has 0 radical (unpaired) electrons. The van der Waals surface area contributed by atoms with Gasteiger partial charge in [0.25, 0.3) is 0 Å². The number of benzene rings is 1. The van der Waals surface area contributed by atoms with Crippen molar-refractivity contribution in [3.8, 4) is 0 Å². The normalized spacial score (nSPS) is 16.7. The van der Waals surface area contributed by atoms with Crippen LogP contribution in [0, 0.1) is 0 Å². The van der Waals surface area contributed by atoms with E-state index in [1.807, 2.05) is 12.3 Å². The van der Waals surface area contributed by atoms with Gasteiger partial charge in [0.15, 0.2) is 0 Å². The number of fused-ring (bicyclic) bond motifs is 1. The van der Waals surface area contributed by atoms with E-state index in [0.717, 1.165) is 18.6 Å². The Kier molecular flexibility index (Phi) is 5.10. The number of nitrogens with zero attached hydrogens (tertiary/aromatic N) is 2. The van der Waals surface area contributed by atoms with Gasteiger partial charge in [-0.3, -0.25) is 9.88 Å². The van der Waals surface area contributed by atoms with Crippen LogP contribution in [0.1, 0.15) is 37.7 Å². The van der Waals surface area contributed by atoms with Gasteiger partial charge in [0.2, 0.25) is 0 Å². The smallest absolute Gasteiger partial charge is 0.0702 e. The molecule has 1 aliphatic rings. The fourth-order valence-electron chi connectivity index (χ4n) is 3.40. The Morgan fingerprint density at radius 1 is 1.14 bits per heavy atom. The van der Waals surface area contributed by atoms with Gasteiger partial charge >= 0.3 is 0 Å². The summed E-state index contributed by atoms with van der Waals surface area (Å²) in [4.78, 5) is 6.97. The molecule has 2 aromatic rings. The summed E-state index contributed by atoms with van der Waals surface area (Å²) in [5.74, 6) is 0.714. The molecule has 1 saturated carbocycles. The summed E-state index contributed by atoms with van der Waals surface area (Å²) in [7, 11) is 0. The first-order valence-corrected chi connectivity index (χ1v) is 8.54. The van der Waals surface area contributed by atoms with Crippen molar-refractivity contribution in [1.82, 2.24) is 9.88 Å². The van der Waals surface area contributed by atoms with E-state index >= 15 is 0 Å². The zero-order valence-electron chi connectivity index (χ0n) is 12.5. The molecule has 1 aliphatic carbocycles. The number of pyridine rings is 1. The van der Waals surface area contributed by atoms with Crippen LogP contribution in [0.2, 0.25) is 0 Å². The maximum absolute atomic E-state index is 6.03. The summed E-state index contributed by atoms with van der Waals surface area (Å²) in [6.45, 7) is 1.99. The molecule has 0 unspecified atom stereocenters. The molecule has 0 spiro atoms. The average Bonchev–Trinajstić information content (AvgIpc) is 2.55. The zero-order chi connectivity index (χ0) is 14.5. The Labute approximate surface area is 132 Å². The van der Waals surface area contributed by atoms with Crippen LogP contribution in [-0.4, -0.2) is 28.4 Å². The molecule has 0 aliphatic heterocycles. The lowest BCUT2D eigenvalue weighted by Gasteiger charge is -2.34. The van der Waals surface area contributed by atoms with Gasteiger partial charge in [0, 0.05) is 36.6 Å². The van der Waals surface area contributed by atoms with E-state index in [4.69, 9.17) is 11.6 Å². The molecule has 1 heterocycles. The minimum absolute atomic E-state index is 0.710. The van der Waals surface area contributed by atoms with Crippen molar-refractivity contribution in [2.45, 2.75) is 44.7 Å². The van der Waals surface area contributed by atoms with Gasteiger partial charge in [-0.1, -0.05) is 31.4 Å². The molecule has 0 amide bonds. The van der Waals surface area contributed by atoms with E-state index in [2.05, 4.69) is 34.1 Å². The van der Waals surface area contributed by atoms with E-state index in [1.165, 1.54) is 43.1 Å². The first kappa shape index (κ1) is 14.8. The molecular weight excluding hydrogens is 280 g/mol. The molecule has 1 aromatic carbocycles. The molecule has 0 N–H and O–H groups in total. The van der Waals surface area contributed by atoms with Crippen molar-refractivity contribution >= 4 is 22.5 Å². The van der Waals surface area contributed by atoms with Crippen molar-refractivity contribution in [3.63, 3.8) is 0 Å². The number of aromatic nitrogens is 1. The monoisotopic (exact) mass is 302 g/mol. The van der Waals surface area contributed by atoms with Gasteiger partial charge in [-0.2, -0.15) is 0 Å². The SMILES string of the molecule is ClCCN(Cc1ccc2ncccc2c1)C1CCCCC1. The van der Waals surface area contributed by atoms with Crippen molar-refractivity contribution in [1.29, 1.82) is 0 Å². The third-order valence-electron chi connectivity index (χ3n) is 4.52. The first-order chi connectivity index (χ1) is 10.4. The van der Waals surface area contributed by atoms with E-state index in [0.29, 0.717) is 11.9 Å². The first-order valence-electron chi connectivity index (χ1n) is 8.00.